The molecule has 3 nitrogen and oxygen atoms in total. The van der Waals surface area contributed by atoms with Gasteiger partial charge < -0.3 is 10.5 Å². The predicted molar refractivity (Wildman–Crippen MR) is 70.3 cm³/mol. The van der Waals surface area contributed by atoms with E-state index < -0.39 is 0 Å². The Bertz CT molecular complexity index is 325. The first-order valence-electron chi connectivity index (χ1n) is 5.08. The minimum absolute atomic E-state index is 0.300. The second kappa shape index (κ2) is 8.68. The Kier molecular flexibility index (Phi) is 7.81. The average molecular weight is 220 g/mol. The number of hydrogen-bond acceptors (Lipinski definition) is 3. The minimum Gasteiger partial charge on any atom is -0.497 e. The molecule has 0 aromatic carbocycles. The van der Waals surface area contributed by atoms with Crippen LogP contribution < -0.4 is 5.73 Å². The lowest BCUT2D eigenvalue weighted by Gasteiger charge is -2.02. The number of nitrogens with two attached hydrogens (primary N) is 1. The van der Waals surface area contributed by atoms with Gasteiger partial charge in [0, 0.05) is 5.71 Å². The van der Waals surface area contributed by atoms with Crippen molar-refractivity contribution < 1.29 is 4.74 Å². The lowest BCUT2D eigenvalue weighted by Crippen LogP contribution is -2.02. The first-order valence-corrected chi connectivity index (χ1v) is 5.08. The summed E-state index contributed by atoms with van der Waals surface area (Å²) in [6, 6.07) is 0. The smallest absolute Gasteiger partial charge is 0.111 e. The molecule has 0 aliphatic carbocycles. The van der Waals surface area contributed by atoms with Gasteiger partial charge in [0.15, 0.2) is 0 Å². The molecule has 0 aliphatic rings. The summed E-state index contributed by atoms with van der Waals surface area (Å²) in [6.45, 7) is 9.63. The zero-order chi connectivity index (χ0) is 12.4. The molecule has 88 valence electrons. The third-order valence-corrected chi connectivity index (χ3v) is 2.00. The van der Waals surface area contributed by atoms with Crippen LogP contribution in [-0.4, -0.2) is 19.5 Å². The van der Waals surface area contributed by atoms with Crippen LogP contribution in [0.3, 0.4) is 0 Å². The van der Waals surface area contributed by atoms with Crippen LogP contribution in [0.4, 0.5) is 0 Å². The molecule has 0 spiro atoms. The average Bonchev–Trinajstić information content (AvgIpc) is 2.28. The molecular weight excluding hydrogens is 200 g/mol. The van der Waals surface area contributed by atoms with E-state index in [0.29, 0.717) is 12.4 Å². The van der Waals surface area contributed by atoms with Gasteiger partial charge in [0.25, 0.3) is 0 Å². The molecule has 0 bridgehead atoms. The minimum atomic E-state index is 0.300. The molecule has 2 N–H and O–H groups in total. The maximum absolute atomic E-state index is 5.37. The summed E-state index contributed by atoms with van der Waals surface area (Å²) in [4.78, 5) is 4.15. The summed E-state index contributed by atoms with van der Waals surface area (Å²) in [7, 11) is 1.59. The maximum atomic E-state index is 5.37. The topological polar surface area (TPSA) is 47.6 Å². The molecule has 0 saturated heterocycles. The number of nitrogens with zero attached hydrogens (tertiary/aromatic N) is 1. The van der Waals surface area contributed by atoms with Gasteiger partial charge in [-0.25, -0.2) is 0 Å². The van der Waals surface area contributed by atoms with Crippen LogP contribution >= 0.6 is 0 Å². The van der Waals surface area contributed by atoms with Crippen molar-refractivity contribution in [2.45, 2.75) is 13.3 Å². The standard InChI is InChI=1S/C13H20N2O/c1-5-7-13(12(3)15-10-14)9-6-8-11(2)16-4/h5-6,8-9H,1-2,7,10,14H2,3-4H3/b8-6+,13-9-,15-12-. The monoisotopic (exact) mass is 220 g/mol. The number of hydrogen-bond donors (Lipinski definition) is 1. The quantitative estimate of drug-likeness (QED) is 0.310. The van der Waals surface area contributed by atoms with Gasteiger partial charge in [-0.2, -0.15) is 0 Å². The van der Waals surface area contributed by atoms with E-state index in [4.69, 9.17) is 10.5 Å². The molecule has 3 heteroatoms. The summed E-state index contributed by atoms with van der Waals surface area (Å²) < 4.78 is 4.92. The van der Waals surface area contributed by atoms with Crippen molar-refractivity contribution >= 4 is 5.71 Å². The van der Waals surface area contributed by atoms with Crippen molar-refractivity contribution in [2.24, 2.45) is 10.7 Å². The SMILES string of the molecule is C=CCC(=C/C=C/C(=C)OC)/C(C)=N\CN. The molecule has 0 aromatic heterocycles. The highest BCUT2D eigenvalue weighted by molar-refractivity contribution is 5.98. The number of rotatable bonds is 7. The lowest BCUT2D eigenvalue weighted by molar-refractivity contribution is 0.309. The number of allylic oxidation sites excluding steroid dienone is 5. The predicted octanol–water partition coefficient (Wildman–Crippen LogP) is 2.58. The van der Waals surface area contributed by atoms with E-state index in [2.05, 4.69) is 18.2 Å². The second-order valence-electron chi connectivity index (χ2n) is 3.14. The van der Waals surface area contributed by atoms with Crippen molar-refractivity contribution in [3.63, 3.8) is 0 Å². The number of aliphatic imine (C=N–C) groups is 1. The Morgan fingerprint density at radius 3 is 2.69 bits per heavy atom. The third kappa shape index (κ3) is 5.98. The molecule has 0 radical (unpaired) electrons. The highest BCUT2D eigenvalue weighted by Crippen LogP contribution is 2.06. The van der Waals surface area contributed by atoms with Gasteiger partial charge in [-0.1, -0.05) is 24.8 Å². The van der Waals surface area contributed by atoms with Crippen molar-refractivity contribution in [3.05, 3.63) is 48.8 Å². The van der Waals surface area contributed by atoms with E-state index in [-0.39, 0.29) is 0 Å². The van der Waals surface area contributed by atoms with Crippen LogP contribution in [0.25, 0.3) is 0 Å². The van der Waals surface area contributed by atoms with Gasteiger partial charge >= 0.3 is 0 Å². The van der Waals surface area contributed by atoms with E-state index >= 15 is 0 Å². The second-order valence-corrected chi connectivity index (χ2v) is 3.14. The fourth-order valence-electron chi connectivity index (χ4n) is 1.07. The van der Waals surface area contributed by atoms with Crippen LogP contribution in [0.1, 0.15) is 13.3 Å². The lowest BCUT2D eigenvalue weighted by atomic mass is 10.1. The van der Waals surface area contributed by atoms with Crippen molar-refractivity contribution in [3.8, 4) is 0 Å². The van der Waals surface area contributed by atoms with Gasteiger partial charge in [0.05, 0.1) is 13.8 Å². The zero-order valence-electron chi connectivity index (χ0n) is 10.1. The van der Waals surface area contributed by atoms with E-state index in [1.165, 1.54) is 0 Å². The van der Waals surface area contributed by atoms with E-state index in [0.717, 1.165) is 17.7 Å². The van der Waals surface area contributed by atoms with Crippen LogP contribution in [0, 0.1) is 0 Å². The van der Waals surface area contributed by atoms with Gasteiger partial charge in [0.1, 0.15) is 5.76 Å². The van der Waals surface area contributed by atoms with Gasteiger partial charge in [0.2, 0.25) is 0 Å². The molecule has 0 heterocycles. The highest BCUT2D eigenvalue weighted by Gasteiger charge is 1.97. The summed E-state index contributed by atoms with van der Waals surface area (Å²) in [6.07, 6.45) is 8.22. The summed E-state index contributed by atoms with van der Waals surface area (Å²) in [5.74, 6) is 0.614. The molecule has 0 saturated carbocycles. The summed E-state index contributed by atoms with van der Waals surface area (Å²) >= 11 is 0. The Hall–Kier alpha value is -1.61. The third-order valence-electron chi connectivity index (χ3n) is 2.00. The van der Waals surface area contributed by atoms with Gasteiger partial charge in [-0.05, 0) is 25.0 Å². The molecule has 0 atom stereocenters. The zero-order valence-corrected chi connectivity index (χ0v) is 10.1. The van der Waals surface area contributed by atoms with E-state index in [9.17, 15) is 0 Å². The molecule has 0 rings (SSSR count). The molecule has 0 amide bonds. The van der Waals surface area contributed by atoms with E-state index in [1.54, 1.807) is 13.2 Å². The van der Waals surface area contributed by atoms with Crippen molar-refractivity contribution in [1.82, 2.24) is 0 Å². The van der Waals surface area contributed by atoms with Crippen LogP contribution in [0.15, 0.2) is 53.8 Å². The summed E-state index contributed by atoms with van der Waals surface area (Å²) in [5.41, 5.74) is 7.38. The van der Waals surface area contributed by atoms with Gasteiger partial charge in [-0.15, -0.1) is 6.58 Å². The molecular formula is C13H20N2O. The molecule has 0 unspecified atom stereocenters. The largest absolute Gasteiger partial charge is 0.497 e. The van der Waals surface area contributed by atoms with E-state index in [1.807, 2.05) is 25.2 Å². The number of ether oxygens (including phenoxy) is 1. The van der Waals surface area contributed by atoms with Crippen molar-refractivity contribution in [2.75, 3.05) is 13.8 Å². The fourth-order valence-corrected chi connectivity index (χ4v) is 1.07. The Morgan fingerprint density at radius 1 is 1.50 bits per heavy atom. The molecule has 0 aromatic rings. The first-order chi connectivity index (χ1) is 7.65. The van der Waals surface area contributed by atoms with Gasteiger partial charge in [-0.3, -0.25) is 4.99 Å². The first kappa shape index (κ1) is 14.4. The molecule has 0 fully saturated rings. The molecule has 0 aliphatic heterocycles. The van der Waals surface area contributed by atoms with Crippen molar-refractivity contribution in [1.29, 1.82) is 0 Å². The van der Waals surface area contributed by atoms with Crippen LogP contribution in [0.5, 0.6) is 0 Å². The summed E-state index contributed by atoms with van der Waals surface area (Å²) in [5, 5.41) is 0. The highest BCUT2D eigenvalue weighted by atomic mass is 16.5. The Morgan fingerprint density at radius 2 is 2.19 bits per heavy atom. The maximum Gasteiger partial charge on any atom is 0.111 e. The number of methoxy groups -OCH3 is 1. The normalized spacial score (nSPS) is 12.9. The fraction of sp³-hybridized carbons (Fsp3) is 0.308. The molecule has 16 heavy (non-hydrogen) atoms. The van der Waals surface area contributed by atoms with Crippen LogP contribution in [-0.2, 0) is 4.74 Å². The Balaban J connectivity index is 4.71. The Labute approximate surface area is 97.7 Å². The van der Waals surface area contributed by atoms with Crippen LogP contribution in [0.2, 0.25) is 0 Å².